The standard InChI is InChI=1S/C14H25NO3/c1-13(2)6-4-11(5-7-13)18-12(16)8-17-14(3)9-15-10-14/h11,15H,4-10H2,1-3H3. The highest BCUT2D eigenvalue weighted by atomic mass is 16.6. The molecule has 1 saturated carbocycles. The minimum absolute atomic E-state index is 0.0814. The Labute approximate surface area is 109 Å². The molecule has 1 saturated heterocycles. The van der Waals surface area contributed by atoms with Crippen molar-refractivity contribution in [3.05, 3.63) is 0 Å². The summed E-state index contributed by atoms with van der Waals surface area (Å²) < 4.78 is 11.0. The first-order chi connectivity index (χ1) is 8.39. The highest BCUT2D eigenvalue weighted by molar-refractivity contribution is 5.71. The van der Waals surface area contributed by atoms with Gasteiger partial charge in [-0.15, -0.1) is 0 Å². The molecule has 0 atom stereocenters. The molecule has 0 bridgehead atoms. The van der Waals surface area contributed by atoms with E-state index in [2.05, 4.69) is 19.2 Å². The monoisotopic (exact) mass is 255 g/mol. The Bertz CT molecular complexity index is 300. The van der Waals surface area contributed by atoms with Crippen LogP contribution in [-0.2, 0) is 14.3 Å². The molecule has 4 heteroatoms. The third-order valence-electron chi connectivity index (χ3n) is 4.12. The highest BCUT2D eigenvalue weighted by Crippen LogP contribution is 2.36. The van der Waals surface area contributed by atoms with Crippen molar-refractivity contribution in [2.45, 2.75) is 58.2 Å². The molecule has 1 aliphatic carbocycles. The number of carbonyl (C=O) groups is 1. The van der Waals surface area contributed by atoms with E-state index in [4.69, 9.17) is 9.47 Å². The van der Waals surface area contributed by atoms with Gasteiger partial charge in [0.15, 0.2) is 0 Å². The summed E-state index contributed by atoms with van der Waals surface area (Å²) in [5.74, 6) is -0.215. The normalized spacial score (nSPS) is 26.4. The summed E-state index contributed by atoms with van der Waals surface area (Å²) in [5, 5.41) is 3.14. The van der Waals surface area contributed by atoms with E-state index in [9.17, 15) is 4.79 Å². The maximum atomic E-state index is 11.7. The van der Waals surface area contributed by atoms with Crippen molar-refractivity contribution in [2.75, 3.05) is 19.7 Å². The van der Waals surface area contributed by atoms with Crippen LogP contribution in [0.2, 0.25) is 0 Å². The summed E-state index contributed by atoms with van der Waals surface area (Å²) in [4.78, 5) is 11.7. The molecule has 104 valence electrons. The van der Waals surface area contributed by atoms with E-state index in [1.54, 1.807) is 0 Å². The molecule has 4 nitrogen and oxygen atoms in total. The molecule has 0 aromatic heterocycles. The minimum atomic E-state index is -0.215. The van der Waals surface area contributed by atoms with Crippen LogP contribution >= 0.6 is 0 Å². The quantitative estimate of drug-likeness (QED) is 0.779. The van der Waals surface area contributed by atoms with Gasteiger partial charge < -0.3 is 14.8 Å². The van der Waals surface area contributed by atoms with E-state index in [1.807, 2.05) is 6.92 Å². The smallest absolute Gasteiger partial charge is 0.332 e. The van der Waals surface area contributed by atoms with Crippen LogP contribution in [0.3, 0.4) is 0 Å². The van der Waals surface area contributed by atoms with Crippen molar-refractivity contribution in [2.24, 2.45) is 5.41 Å². The van der Waals surface area contributed by atoms with Gasteiger partial charge in [0.2, 0.25) is 0 Å². The topological polar surface area (TPSA) is 47.6 Å². The van der Waals surface area contributed by atoms with Crippen molar-refractivity contribution < 1.29 is 14.3 Å². The first-order valence-electron chi connectivity index (χ1n) is 6.93. The average Bonchev–Trinajstić information content (AvgIpc) is 2.27. The number of carbonyl (C=O) groups excluding carboxylic acids is 1. The molecule has 1 aliphatic heterocycles. The summed E-state index contributed by atoms with van der Waals surface area (Å²) in [6.07, 6.45) is 4.33. The molecule has 1 heterocycles. The lowest BCUT2D eigenvalue weighted by molar-refractivity contribution is -0.165. The number of nitrogens with one attached hydrogen (secondary N) is 1. The fourth-order valence-corrected chi connectivity index (χ4v) is 2.52. The summed E-state index contributed by atoms with van der Waals surface area (Å²) >= 11 is 0. The third-order valence-corrected chi connectivity index (χ3v) is 4.12. The van der Waals surface area contributed by atoms with Gasteiger partial charge in [0.25, 0.3) is 0 Å². The summed E-state index contributed by atoms with van der Waals surface area (Å²) in [5.41, 5.74) is 0.234. The van der Waals surface area contributed by atoms with E-state index < -0.39 is 0 Å². The molecule has 0 spiro atoms. The van der Waals surface area contributed by atoms with Crippen molar-refractivity contribution in [1.82, 2.24) is 5.32 Å². The number of esters is 1. The summed E-state index contributed by atoms with van der Waals surface area (Å²) in [7, 11) is 0. The van der Waals surface area contributed by atoms with Gasteiger partial charge in [-0.05, 0) is 38.0 Å². The zero-order valence-corrected chi connectivity index (χ0v) is 11.8. The van der Waals surface area contributed by atoms with Gasteiger partial charge in [-0.25, -0.2) is 4.79 Å². The molecule has 2 aliphatic rings. The van der Waals surface area contributed by atoms with Crippen LogP contribution in [0, 0.1) is 5.41 Å². The van der Waals surface area contributed by atoms with E-state index in [0.29, 0.717) is 5.41 Å². The largest absolute Gasteiger partial charge is 0.461 e. The van der Waals surface area contributed by atoms with Crippen LogP contribution in [0.5, 0.6) is 0 Å². The molecule has 2 fully saturated rings. The molecule has 18 heavy (non-hydrogen) atoms. The lowest BCUT2D eigenvalue weighted by Gasteiger charge is -2.39. The van der Waals surface area contributed by atoms with Crippen LogP contribution < -0.4 is 5.32 Å². The Morgan fingerprint density at radius 3 is 2.33 bits per heavy atom. The molecule has 0 aromatic carbocycles. The predicted molar refractivity (Wildman–Crippen MR) is 69.4 cm³/mol. The number of hydrogen-bond donors (Lipinski definition) is 1. The highest BCUT2D eigenvalue weighted by Gasteiger charge is 2.34. The molecule has 0 amide bonds. The fraction of sp³-hybridized carbons (Fsp3) is 0.929. The predicted octanol–water partition coefficient (Wildman–Crippen LogP) is 1.88. The molecule has 0 unspecified atom stereocenters. The maximum Gasteiger partial charge on any atom is 0.332 e. The van der Waals surface area contributed by atoms with Crippen molar-refractivity contribution >= 4 is 5.97 Å². The lowest BCUT2D eigenvalue weighted by Crippen LogP contribution is -2.59. The maximum absolute atomic E-state index is 11.7. The van der Waals surface area contributed by atoms with Crippen molar-refractivity contribution in [3.63, 3.8) is 0 Å². The first kappa shape index (κ1) is 13.8. The number of hydrogen-bond acceptors (Lipinski definition) is 4. The summed E-state index contributed by atoms with van der Waals surface area (Å²) in [6, 6.07) is 0. The van der Waals surface area contributed by atoms with E-state index in [0.717, 1.165) is 38.8 Å². The van der Waals surface area contributed by atoms with Gasteiger partial charge in [-0.1, -0.05) is 13.8 Å². The van der Waals surface area contributed by atoms with E-state index in [-0.39, 0.29) is 24.3 Å². The Morgan fingerprint density at radius 1 is 1.22 bits per heavy atom. The molecule has 2 rings (SSSR count). The summed E-state index contributed by atoms with van der Waals surface area (Å²) in [6.45, 7) is 8.28. The molecular formula is C14H25NO3. The number of rotatable bonds is 4. The van der Waals surface area contributed by atoms with Crippen LogP contribution in [0.1, 0.15) is 46.5 Å². The SMILES string of the molecule is CC1(C)CCC(OC(=O)COC2(C)CNC2)CC1. The minimum Gasteiger partial charge on any atom is -0.461 e. The van der Waals surface area contributed by atoms with Crippen molar-refractivity contribution in [3.8, 4) is 0 Å². The number of ether oxygens (including phenoxy) is 2. The third kappa shape index (κ3) is 3.69. The second-order valence-electron chi connectivity index (χ2n) is 6.70. The van der Waals surface area contributed by atoms with E-state index >= 15 is 0 Å². The van der Waals surface area contributed by atoms with Crippen LogP contribution in [0.4, 0.5) is 0 Å². The second-order valence-corrected chi connectivity index (χ2v) is 6.70. The average molecular weight is 255 g/mol. The van der Waals surface area contributed by atoms with Gasteiger partial charge in [0.1, 0.15) is 12.7 Å². The zero-order chi connectivity index (χ0) is 13.2. The Balaban J connectivity index is 1.65. The van der Waals surface area contributed by atoms with Crippen LogP contribution in [0.25, 0.3) is 0 Å². The molecule has 0 radical (unpaired) electrons. The fourth-order valence-electron chi connectivity index (χ4n) is 2.52. The second kappa shape index (κ2) is 5.17. The van der Waals surface area contributed by atoms with Gasteiger partial charge >= 0.3 is 5.97 Å². The Kier molecular flexibility index (Phi) is 3.97. The van der Waals surface area contributed by atoms with Gasteiger partial charge in [-0.2, -0.15) is 0 Å². The van der Waals surface area contributed by atoms with E-state index in [1.165, 1.54) is 0 Å². The van der Waals surface area contributed by atoms with Crippen LogP contribution in [0.15, 0.2) is 0 Å². The van der Waals surface area contributed by atoms with Crippen molar-refractivity contribution in [1.29, 1.82) is 0 Å². The van der Waals surface area contributed by atoms with Gasteiger partial charge in [0.05, 0.1) is 5.60 Å². The molecule has 1 N–H and O–H groups in total. The first-order valence-corrected chi connectivity index (χ1v) is 6.93. The lowest BCUT2D eigenvalue weighted by atomic mass is 9.76. The molecule has 0 aromatic rings. The van der Waals surface area contributed by atoms with Gasteiger partial charge in [0, 0.05) is 13.1 Å². The molecular weight excluding hydrogens is 230 g/mol. The van der Waals surface area contributed by atoms with Crippen LogP contribution in [-0.4, -0.2) is 37.4 Å². The zero-order valence-electron chi connectivity index (χ0n) is 11.8. The Hall–Kier alpha value is -0.610. The van der Waals surface area contributed by atoms with Gasteiger partial charge in [-0.3, -0.25) is 0 Å². The Morgan fingerprint density at radius 2 is 1.83 bits per heavy atom.